The van der Waals surface area contributed by atoms with E-state index < -0.39 is 18.6 Å². The smallest absolute Gasteiger partial charge is 0.387 e. The number of nitrogens with zero attached hydrogens (tertiary/aromatic N) is 3. The third-order valence-corrected chi connectivity index (χ3v) is 10.5. The second-order valence-corrected chi connectivity index (χ2v) is 14.1. The predicted molar refractivity (Wildman–Crippen MR) is 201 cm³/mol. The molecule has 1 aromatic heterocycles. The first kappa shape index (κ1) is 40.6. The quantitative estimate of drug-likeness (QED) is 0.0972. The number of hydrogen-bond donors (Lipinski definition) is 2. The van der Waals surface area contributed by atoms with Crippen LogP contribution in [-0.4, -0.2) is 84.7 Å². The fraction of sp³-hybridized carbons (Fsp3) is 0.475. The SMILES string of the molecule is CNC(=O)C(CCC=O)N1Cc2c(cccc2C2CCN(CCCCCCCOc3cc(C(=O)Nc4c(C)cncc4Cl)ccc3OC(F)F)CC2)C1=O. The molecule has 2 N–H and O–H groups in total. The number of likely N-dealkylation sites (N-methyl/N-ethyl adjacent to an activating group) is 1. The number of nitrogens with one attached hydrogen (secondary N) is 2. The van der Waals surface area contributed by atoms with E-state index in [1.807, 2.05) is 12.1 Å². The van der Waals surface area contributed by atoms with Gasteiger partial charge < -0.3 is 34.7 Å². The molecular weight excluding hydrogens is 720 g/mol. The van der Waals surface area contributed by atoms with Gasteiger partial charge in [0.2, 0.25) is 5.91 Å². The van der Waals surface area contributed by atoms with Crippen LogP contribution < -0.4 is 20.1 Å². The highest BCUT2D eigenvalue weighted by molar-refractivity contribution is 6.34. The number of rotatable bonds is 19. The maximum Gasteiger partial charge on any atom is 0.387 e. The maximum absolute atomic E-state index is 13.3. The van der Waals surface area contributed by atoms with E-state index in [1.165, 1.54) is 30.0 Å². The first-order valence-corrected chi connectivity index (χ1v) is 18.9. The van der Waals surface area contributed by atoms with Crippen molar-refractivity contribution in [3.63, 3.8) is 0 Å². The van der Waals surface area contributed by atoms with Crippen LogP contribution >= 0.6 is 11.6 Å². The summed E-state index contributed by atoms with van der Waals surface area (Å²) in [6.07, 6.45) is 11.0. The minimum absolute atomic E-state index is 0.0657. The normalized spacial score (nSPS) is 15.2. The second-order valence-electron chi connectivity index (χ2n) is 13.7. The van der Waals surface area contributed by atoms with Gasteiger partial charge in [0.05, 0.1) is 17.3 Å². The molecule has 11 nitrogen and oxygen atoms in total. The Hall–Kier alpha value is -4.62. The summed E-state index contributed by atoms with van der Waals surface area (Å²) in [5.74, 6) is -0.630. The first-order chi connectivity index (χ1) is 26.1. The number of likely N-dealkylation sites (tertiary alicyclic amines) is 1. The van der Waals surface area contributed by atoms with Gasteiger partial charge in [0.1, 0.15) is 12.3 Å². The number of pyridine rings is 1. The van der Waals surface area contributed by atoms with Crippen molar-refractivity contribution in [2.45, 2.75) is 89.8 Å². The van der Waals surface area contributed by atoms with Crippen molar-refractivity contribution in [2.24, 2.45) is 0 Å². The number of piperidine rings is 1. The molecule has 54 heavy (non-hydrogen) atoms. The fourth-order valence-corrected chi connectivity index (χ4v) is 7.54. The van der Waals surface area contributed by atoms with Crippen molar-refractivity contribution in [1.82, 2.24) is 20.1 Å². The lowest BCUT2D eigenvalue weighted by atomic mass is 9.85. The molecule has 1 unspecified atom stereocenters. The summed E-state index contributed by atoms with van der Waals surface area (Å²) in [7, 11) is 1.54. The molecule has 1 fully saturated rings. The van der Waals surface area contributed by atoms with Gasteiger partial charge in [-0.3, -0.25) is 19.4 Å². The molecule has 2 aromatic carbocycles. The van der Waals surface area contributed by atoms with Crippen LogP contribution in [0.5, 0.6) is 11.5 Å². The molecule has 3 amide bonds. The highest BCUT2D eigenvalue weighted by Crippen LogP contribution is 2.37. The summed E-state index contributed by atoms with van der Waals surface area (Å²) < 4.78 is 36.6. The van der Waals surface area contributed by atoms with E-state index in [0.717, 1.165) is 70.0 Å². The lowest BCUT2D eigenvalue weighted by molar-refractivity contribution is -0.125. The number of unbranched alkanes of at least 4 members (excludes halogenated alkanes) is 4. The van der Waals surface area contributed by atoms with E-state index in [-0.39, 0.29) is 46.9 Å². The van der Waals surface area contributed by atoms with E-state index in [0.29, 0.717) is 42.1 Å². The Kier molecular flexibility index (Phi) is 14.7. The predicted octanol–water partition coefficient (Wildman–Crippen LogP) is 7.16. The van der Waals surface area contributed by atoms with Gasteiger partial charge in [0, 0.05) is 43.5 Å². The lowest BCUT2D eigenvalue weighted by Gasteiger charge is -2.33. The van der Waals surface area contributed by atoms with Gasteiger partial charge in [-0.25, -0.2) is 0 Å². The van der Waals surface area contributed by atoms with Crippen LogP contribution in [0, 0.1) is 6.92 Å². The summed E-state index contributed by atoms with van der Waals surface area (Å²) in [4.78, 5) is 58.0. The number of anilines is 1. The number of ether oxygens (including phenoxy) is 2. The van der Waals surface area contributed by atoms with E-state index in [4.69, 9.17) is 16.3 Å². The van der Waals surface area contributed by atoms with E-state index in [1.54, 1.807) is 25.1 Å². The van der Waals surface area contributed by atoms with Crippen LogP contribution in [0.2, 0.25) is 5.02 Å². The minimum atomic E-state index is -3.04. The Morgan fingerprint density at radius 2 is 1.81 bits per heavy atom. The van der Waals surface area contributed by atoms with Gasteiger partial charge >= 0.3 is 6.61 Å². The van der Waals surface area contributed by atoms with Crippen LogP contribution in [0.4, 0.5) is 14.5 Å². The van der Waals surface area contributed by atoms with Crippen LogP contribution in [0.15, 0.2) is 48.8 Å². The lowest BCUT2D eigenvalue weighted by Crippen LogP contribution is -2.46. The number of aryl methyl sites for hydroxylation is 1. The zero-order chi connectivity index (χ0) is 38.6. The molecule has 14 heteroatoms. The Bertz CT molecular complexity index is 1770. The first-order valence-electron chi connectivity index (χ1n) is 18.5. The van der Waals surface area contributed by atoms with Gasteiger partial charge in [0.25, 0.3) is 11.8 Å². The van der Waals surface area contributed by atoms with Crippen molar-refractivity contribution in [3.8, 4) is 11.5 Å². The van der Waals surface area contributed by atoms with E-state index >= 15 is 0 Å². The van der Waals surface area contributed by atoms with Crippen molar-refractivity contribution in [3.05, 3.63) is 81.6 Å². The van der Waals surface area contributed by atoms with Gasteiger partial charge in [-0.1, -0.05) is 43.0 Å². The van der Waals surface area contributed by atoms with Crippen molar-refractivity contribution in [1.29, 1.82) is 0 Å². The van der Waals surface area contributed by atoms with Gasteiger partial charge in [-0.05, 0) is 106 Å². The number of carbonyl (C=O) groups excluding carboxylic acids is 4. The average molecular weight is 768 g/mol. The van der Waals surface area contributed by atoms with Crippen molar-refractivity contribution in [2.75, 3.05) is 38.6 Å². The number of benzene rings is 2. The molecule has 290 valence electrons. The number of aldehydes is 1. The molecular formula is C40H48ClF2N5O6. The summed E-state index contributed by atoms with van der Waals surface area (Å²) in [6.45, 7) is 2.32. The van der Waals surface area contributed by atoms with Crippen molar-refractivity contribution >= 4 is 41.3 Å². The molecule has 5 rings (SSSR count). The highest BCUT2D eigenvalue weighted by atomic mass is 35.5. The molecule has 0 aliphatic carbocycles. The van der Waals surface area contributed by atoms with E-state index in [9.17, 15) is 28.0 Å². The maximum atomic E-state index is 13.3. The molecule has 0 spiro atoms. The largest absolute Gasteiger partial charge is 0.490 e. The van der Waals surface area contributed by atoms with Crippen LogP contribution in [0.1, 0.15) is 101 Å². The molecule has 0 saturated carbocycles. The number of fused-ring (bicyclic) bond motifs is 1. The number of aromatic nitrogens is 1. The summed E-state index contributed by atoms with van der Waals surface area (Å²) in [6, 6.07) is 9.28. The van der Waals surface area contributed by atoms with Crippen LogP contribution in [0.25, 0.3) is 0 Å². The third-order valence-electron chi connectivity index (χ3n) is 10.2. The Labute approximate surface area is 319 Å². The van der Waals surface area contributed by atoms with Gasteiger partial charge in [-0.15, -0.1) is 0 Å². The van der Waals surface area contributed by atoms with Gasteiger partial charge in [-0.2, -0.15) is 8.78 Å². The minimum Gasteiger partial charge on any atom is -0.490 e. The number of alkyl halides is 2. The molecule has 1 saturated heterocycles. The molecule has 3 aromatic rings. The Morgan fingerprint density at radius 1 is 1.06 bits per heavy atom. The Morgan fingerprint density at radius 3 is 2.54 bits per heavy atom. The standard InChI is InChI=1S/C40H48ClF2N5O6/c1-26-23-45-24-32(41)36(26)46-37(50)28-13-14-34(54-40(42)43)35(22-28)53-21-7-5-3-4-6-17-47-18-15-27(16-19-47)29-10-8-11-30-31(29)25-48(39(30)52)33(12-9-20-49)38(51)44-2/h8,10-11,13-14,20,22-24,27,33,40H,3-7,9,12,15-19,21,25H2,1-2H3,(H,44,51)(H,45,46,50). The molecule has 1 atom stereocenters. The highest BCUT2D eigenvalue weighted by Gasteiger charge is 2.38. The molecule has 3 heterocycles. The summed E-state index contributed by atoms with van der Waals surface area (Å²) in [5.41, 5.74) is 4.14. The fourth-order valence-electron chi connectivity index (χ4n) is 7.28. The average Bonchev–Trinajstić information content (AvgIpc) is 3.50. The van der Waals surface area contributed by atoms with Crippen LogP contribution in [-0.2, 0) is 16.1 Å². The van der Waals surface area contributed by atoms with E-state index in [2.05, 4.69) is 31.3 Å². The molecule has 0 radical (unpaired) electrons. The monoisotopic (exact) mass is 767 g/mol. The zero-order valence-corrected chi connectivity index (χ0v) is 31.5. The van der Waals surface area contributed by atoms with Crippen molar-refractivity contribution < 1.29 is 37.4 Å². The third kappa shape index (κ3) is 10.3. The number of hydrogen-bond acceptors (Lipinski definition) is 8. The van der Waals surface area contributed by atoms with Gasteiger partial charge in [0.15, 0.2) is 11.5 Å². The summed E-state index contributed by atoms with van der Waals surface area (Å²) in [5, 5.41) is 5.67. The summed E-state index contributed by atoms with van der Waals surface area (Å²) >= 11 is 6.19. The number of amides is 3. The second kappa shape index (κ2) is 19.6. The van der Waals surface area contributed by atoms with Crippen LogP contribution in [0.3, 0.4) is 0 Å². The molecule has 0 bridgehead atoms. The topological polar surface area (TPSA) is 130 Å². The number of halogens is 3. The zero-order valence-electron chi connectivity index (χ0n) is 30.8. The molecule has 2 aliphatic rings. The molecule has 2 aliphatic heterocycles. The Balaban J connectivity index is 1.03. The number of carbonyl (C=O) groups is 4.